The maximum atomic E-state index is 12.8. The summed E-state index contributed by atoms with van der Waals surface area (Å²) < 4.78 is 67.2. The molecule has 148 valence electrons. The second kappa shape index (κ2) is 7.90. The number of benzene rings is 2. The van der Waals surface area contributed by atoms with Crippen LogP contribution in [-0.2, 0) is 29.3 Å². The molecule has 1 N–H and O–H groups in total. The number of alkyl halides is 3. The van der Waals surface area contributed by atoms with Crippen LogP contribution in [0, 0.1) is 0 Å². The zero-order chi connectivity index (χ0) is 20.4. The highest BCUT2D eigenvalue weighted by atomic mass is 35.5. The molecule has 11 heteroatoms. The topological polar surface area (TPSA) is 76.9 Å². The number of hydrogen-bond donors (Lipinski definition) is 1. The molecular weight excluding hydrogens is 417 g/mol. The van der Waals surface area contributed by atoms with Crippen LogP contribution in [0.5, 0.6) is 0 Å². The van der Waals surface area contributed by atoms with Crippen LogP contribution in [0.25, 0.3) is 0 Å². The van der Waals surface area contributed by atoms with Crippen LogP contribution in [0.3, 0.4) is 0 Å². The van der Waals surface area contributed by atoms with Crippen molar-refractivity contribution in [3.63, 3.8) is 0 Å². The third-order valence-electron chi connectivity index (χ3n) is 3.85. The van der Waals surface area contributed by atoms with Gasteiger partial charge >= 0.3 is 6.18 Å². The van der Waals surface area contributed by atoms with Crippen molar-refractivity contribution in [1.29, 1.82) is 0 Å². The van der Waals surface area contributed by atoms with Crippen molar-refractivity contribution in [3.05, 3.63) is 76.8 Å². The second-order valence-corrected chi connectivity index (χ2v) is 8.02. The molecule has 1 heterocycles. The van der Waals surface area contributed by atoms with E-state index in [0.717, 1.165) is 17.7 Å². The summed E-state index contributed by atoms with van der Waals surface area (Å²) in [6.45, 7) is 0.407. The van der Waals surface area contributed by atoms with Crippen LogP contribution < -0.4 is 4.72 Å². The van der Waals surface area contributed by atoms with E-state index in [1.165, 1.54) is 6.33 Å². The van der Waals surface area contributed by atoms with E-state index in [9.17, 15) is 21.6 Å². The van der Waals surface area contributed by atoms with Gasteiger partial charge in [0.05, 0.1) is 17.1 Å². The van der Waals surface area contributed by atoms with Crippen LogP contribution in [0.1, 0.15) is 16.7 Å². The minimum absolute atomic E-state index is 0.0987. The van der Waals surface area contributed by atoms with Gasteiger partial charge in [-0.3, -0.25) is 0 Å². The zero-order valence-electron chi connectivity index (χ0n) is 14.2. The minimum atomic E-state index is -4.67. The van der Waals surface area contributed by atoms with Crippen molar-refractivity contribution in [2.75, 3.05) is 0 Å². The first kappa shape index (κ1) is 20.3. The summed E-state index contributed by atoms with van der Waals surface area (Å²) in [7, 11) is -4.23. The third kappa shape index (κ3) is 4.89. The molecule has 0 saturated heterocycles. The van der Waals surface area contributed by atoms with Crippen molar-refractivity contribution in [2.24, 2.45) is 0 Å². The maximum absolute atomic E-state index is 12.8. The zero-order valence-corrected chi connectivity index (χ0v) is 15.8. The van der Waals surface area contributed by atoms with Crippen molar-refractivity contribution in [3.8, 4) is 0 Å². The van der Waals surface area contributed by atoms with E-state index in [1.807, 2.05) is 0 Å². The fraction of sp³-hybridized carbons (Fsp3) is 0.176. The summed E-state index contributed by atoms with van der Waals surface area (Å²) in [6.07, 6.45) is -1.68. The Hall–Kier alpha value is -2.43. The molecule has 0 amide bonds. The molecule has 0 aliphatic rings. The summed E-state index contributed by atoms with van der Waals surface area (Å²) in [5, 5.41) is 3.70. The lowest BCUT2D eigenvalue weighted by atomic mass is 10.1. The first-order chi connectivity index (χ1) is 13.1. The predicted molar refractivity (Wildman–Crippen MR) is 96.0 cm³/mol. The third-order valence-corrected chi connectivity index (χ3v) is 5.73. The molecule has 6 nitrogen and oxygen atoms in total. The molecule has 0 aliphatic heterocycles. The molecule has 0 aliphatic carbocycles. The largest absolute Gasteiger partial charge is 0.416 e. The van der Waals surface area contributed by atoms with E-state index in [2.05, 4.69) is 14.8 Å². The van der Waals surface area contributed by atoms with Crippen molar-refractivity contribution in [1.82, 2.24) is 19.5 Å². The predicted octanol–water partition coefficient (Wildman–Crippen LogP) is 3.48. The molecular formula is C17H14ClF3N4O2S. The lowest BCUT2D eigenvalue weighted by molar-refractivity contribution is -0.137. The highest BCUT2D eigenvalue weighted by molar-refractivity contribution is 7.89. The van der Waals surface area contributed by atoms with E-state index < -0.39 is 26.7 Å². The number of rotatable bonds is 6. The molecule has 28 heavy (non-hydrogen) atoms. The quantitative estimate of drug-likeness (QED) is 0.649. The number of halogens is 4. The van der Waals surface area contributed by atoms with Gasteiger partial charge in [-0.1, -0.05) is 35.9 Å². The van der Waals surface area contributed by atoms with Gasteiger partial charge in [-0.05, 0) is 29.3 Å². The van der Waals surface area contributed by atoms with Gasteiger partial charge in [0.25, 0.3) is 0 Å². The van der Waals surface area contributed by atoms with Crippen LogP contribution in [0.15, 0.2) is 60.0 Å². The maximum Gasteiger partial charge on any atom is 0.416 e. The Morgan fingerprint density at radius 1 is 1.07 bits per heavy atom. The first-order valence-electron chi connectivity index (χ1n) is 7.92. The van der Waals surface area contributed by atoms with Crippen LogP contribution in [0.2, 0.25) is 5.02 Å². The average molecular weight is 431 g/mol. The number of nitrogens with zero attached hydrogens (tertiary/aromatic N) is 3. The van der Waals surface area contributed by atoms with Gasteiger partial charge in [0.1, 0.15) is 17.6 Å². The van der Waals surface area contributed by atoms with Gasteiger partial charge in [0.15, 0.2) is 0 Å². The van der Waals surface area contributed by atoms with Gasteiger partial charge in [0, 0.05) is 6.54 Å². The van der Waals surface area contributed by atoms with E-state index in [4.69, 9.17) is 11.6 Å². The monoisotopic (exact) mass is 430 g/mol. The molecule has 0 unspecified atom stereocenters. The molecule has 0 saturated carbocycles. The number of sulfonamides is 1. The Bertz CT molecular complexity index is 1050. The average Bonchev–Trinajstić information content (AvgIpc) is 3.13. The summed E-state index contributed by atoms with van der Waals surface area (Å²) in [4.78, 5) is 3.22. The Labute approximate surface area is 164 Å². The Morgan fingerprint density at radius 2 is 1.75 bits per heavy atom. The SMILES string of the molecule is O=S(=O)(NCc1ccc(Cn2cncn2)cc1)c1cc(C(F)(F)F)ccc1Cl. The molecule has 2 aromatic carbocycles. The molecule has 0 spiro atoms. The van der Waals surface area contributed by atoms with Crippen molar-refractivity contribution < 1.29 is 21.6 Å². The van der Waals surface area contributed by atoms with E-state index >= 15 is 0 Å². The number of aromatic nitrogens is 3. The standard InChI is InChI=1S/C17H14ClF3N4O2S/c18-15-6-5-14(17(19,20)21)7-16(15)28(26,27)24-8-12-1-3-13(4-2-12)9-25-11-22-10-23-25/h1-7,10-11,24H,8-9H2. The lowest BCUT2D eigenvalue weighted by Crippen LogP contribution is -2.24. The molecule has 0 bridgehead atoms. The summed E-state index contributed by atoms with van der Waals surface area (Å²) in [6, 6.07) is 9.18. The molecule has 0 atom stereocenters. The summed E-state index contributed by atoms with van der Waals surface area (Å²) in [5.41, 5.74) is 0.474. The number of nitrogens with one attached hydrogen (secondary N) is 1. The fourth-order valence-electron chi connectivity index (χ4n) is 2.41. The Balaban J connectivity index is 1.71. The first-order valence-corrected chi connectivity index (χ1v) is 9.78. The smallest absolute Gasteiger partial charge is 0.249 e. The highest BCUT2D eigenvalue weighted by Gasteiger charge is 2.32. The lowest BCUT2D eigenvalue weighted by Gasteiger charge is -2.12. The van der Waals surface area contributed by atoms with Crippen LogP contribution in [-0.4, -0.2) is 23.2 Å². The van der Waals surface area contributed by atoms with E-state index in [1.54, 1.807) is 35.3 Å². The molecule has 1 aromatic heterocycles. The Kier molecular flexibility index (Phi) is 5.73. The van der Waals surface area contributed by atoms with Crippen molar-refractivity contribution in [2.45, 2.75) is 24.2 Å². The Morgan fingerprint density at radius 3 is 2.36 bits per heavy atom. The molecule has 0 radical (unpaired) electrons. The molecule has 3 aromatic rings. The van der Waals surface area contributed by atoms with Gasteiger partial charge in [-0.25, -0.2) is 22.8 Å². The van der Waals surface area contributed by atoms with Gasteiger partial charge in [-0.2, -0.15) is 18.3 Å². The van der Waals surface area contributed by atoms with E-state index in [0.29, 0.717) is 18.2 Å². The normalized spacial score (nSPS) is 12.3. The highest BCUT2D eigenvalue weighted by Crippen LogP contribution is 2.33. The van der Waals surface area contributed by atoms with Crippen LogP contribution in [0.4, 0.5) is 13.2 Å². The van der Waals surface area contributed by atoms with Gasteiger partial charge < -0.3 is 0 Å². The summed E-state index contributed by atoms with van der Waals surface area (Å²) >= 11 is 5.80. The second-order valence-electron chi connectivity index (χ2n) is 5.88. The molecule has 0 fully saturated rings. The minimum Gasteiger partial charge on any atom is -0.249 e. The van der Waals surface area contributed by atoms with E-state index in [-0.39, 0.29) is 11.6 Å². The van der Waals surface area contributed by atoms with Crippen molar-refractivity contribution >= 4 is 21.6 Å². The van der Waals surface area contributed by atoms with Gasteiger partial charge in [0.2, 0.25) is 10.0 Å². The van der Waals surface area contributed by atoms with Gasteiger partial charge in [-0.15, -0.1) is 0 Å². The molecule has 3 rings (SSSR count). The fourth-order valence-corrected chi connectivity index (χ4v) is 3.95. The number of hydrogen-bond acceptors (Lipinski definition) is 4. The van der Waals surface area contributed by atoms with Crippen LogP contribution >= 0.6 is 11.6 Å². The summed E-state index contributed by atoms with van der Waals surface area (Å²) in [5.74, 6) is 0.